The first-order valence-corrected chi connectivity index (χ1v) is 30.5. The average molecular weight is 1060 g/mol. The van der Waals surface area contributed by atoms with Gasteiger partial charge in [-0.1, -0.05) is 97.6 Å². The number of esters is 1. The van der Waals surface area contributed by atoms with Crippen molar-refractivity contribution < 1.29 is 61.4 Å². The molecule has 5 bridgehead atoms. The molecule has 1 unspecified atom stereocenters. The van der Waals surface area contributed by atoms with Crippen molar-refractivity contribution in [1.82, 2.24) is 10.3 Å². The number of epoxide rings is 1. The first-order valence-electron chi connectivity index (χ1n) is 25.5. The van der Waals surface area contributed by atoms with Crippen LogP contribution in [-0.4, -0.2) is 115 Å². The van der Waals surface area contributed by atoms with Crippen molar-refractivity contribution in [1.29, 1.82) is 0 Å². The third kappa shape index (κ3) is 10.8. The summed E-state index contributed by atoms with van der Waals surface area (Å²) in [4.78, 5) is 34.1. The Morgan fingerprint density at radius 3 is 2.22 bits per heavy atom. The van der Waals surface area contributed by atoms with Crippen molar-refractivity contribution in [3.05, 3.63) is 58.4 Å². The third-order valence-corrected chi connectivity index (χ3v) is 26.0. The van der Waals surface area contributed by atoms with Gasteiger partial charge in [0.25, 0.3) is 5.91 Å². The maximum atomic E-state index is 14.9. The Kier molecular flexibility index (Phi) is 17.3. The van der Waals surface area contributed by atoms with Gasteiger partial charge in [0.05, 0.1) is 50.5 Å². The second-order valence-electron chi connectivity index (χ2n) is 20.5. The monoisotopic (exact) mass is 1060 g/mol. The van der Waals surface area contributed by atoms with Crippen molar-refractivity contribution in [3.8, 4) is 52.4 Å². The Hall–Kier alpha value is -4.83. The molecule has 7 atom stereocenters. The fourth-order valence-electron chi connectivity index (χ4n) is 11.0. The van der Waals surface area contributed by atoms with Crippen molar-refractivity contribution in [3.63, 3.8) is 0 Å². The Bertz CT molecular complexity index is 2680. The highest BCUT2D eigenvalue weighted by molar-refractivity contribution is 6.77. The minimum absolute atomic E-state index is 0.0272. The first-order chi connectivity index (χ1) is 34.7. The largest absolute Gasteiger partial charge is 0.492 e. The van der Waals surface area contributed by atoms with E-state index in [9.17, 15) is 14.7 Å². The lowest BCUT2D eigenvalue weighted by Crippen LogP contribution is -2.57. The zero-order valence-electron chi connectivity index (χ0n) is 44.8. The number of ether oxygens (including phenoxy) is 8. The third-order valence-electron chi connectivity index (χ3n) is 15.0. The quantitative estimate of drug-likeness (QED) is 0.0290. The standard InChI is InChI=1S/C55H73ClN2O13Si2/c1-15-72(16-2,17-3)71-51-45-27-37-22-24-54(61,23-18-19-46-55(37,51)69-46)47(70-73(33(6)7,34(8)9)35(10)11)30-65-48(59)29-41(40-20-21-42(68-45)52(56)57-40)58-53(60)39-28-38-36(25-43(39)66-31-62-12)26-44(67-32(4)5)50(64-14)49(38)63-13/h20-21,25-28,32-35,41,45-47,51,61H,15-17,23,29-31H2,1-14H3,(H,58,60)/t41-,45?,46+,47-,51+,54+,55-/m1/s1. The molecule has 5 aliphatic rings. The number of hydrogen-bond acceptors (Lipinski definition) is 14. The van der Waals surface area contributed by atoms with Gasteiger partial charge in [0.2, 0.25) is 14.1 Å². The van der Waals surface area contributed by atoms with E-state index < -0.39 is 76.6 Å². The lowest BCUT2D eigenvalue weighted by atomic mass is 9.92. The smallest absolute Gasteiger partial charge is 0.308 e. The number of nitrogens with one attached hydrogen (secondary N) is 1. The number of carbonyl (C=O) groups excluding carboxylic acids is 2. The molecule has 2 aliphatic carbocycles. The number of fused-ring (bicyclic) bond motifs is 8. The molecule has 1 aromatic heterocycles. The van der Waals surface area contributed by atoms with Gasteiger partial charge in [0.1, 0.15) is 30.7 Å². The molecule has 0 saturated carbocycles. The maximum Gasteiger partial charge on any atom is 0.308 e. The van der Waals surface area contributed by atoms with Gasteiger partial charge in [-0.05, 0) is 90.4 Å². The summed E-state index contributed by atoms with van der Waals surface area (Å²) >= 11 is 7.06. The number of benzene rings is 2. The second-order valence-corrected chi connectivity index (χ2v) is 31.0. The van der Waals surface area contributed by atoms with Gasteiger partial charge in [0.15, 0.2) is 54.8 Å². The molecule has 2 aromatic carbocycles. The van der Waals surface area contributed by atoms with Crippen LogP contribution in [0.1, 0.15) is 111 Å². The van der Waals surface area contributed by atoms with Crippen molar-refractivity contribution in [2.24, 2.45) is 0 Å². The minimum Gasteiger partial charge on any atom is -0.492 e. The maximum absolute atomic E-state index is 14.9. The molecule has 73 heavy (non-hydrogen) atoms. The normalized spacial score (nSPS) is 24.6. The molecule has 0 radical (unpaired) electrons. The number of rotatable bonds is 19. The van der Waals surface area contributed by atoms with Crippen LogP contribution >= 0.6 is 11.6 Å². The number of amides is 1. The van der Waals surface area contributed by atoms with E-state index in [-0.39, 0.29) is 70.5 Å². The second kappa shape index (κ2) is 22.6. The van der Waals surface area contributed by atoms with Gasteiger partial charge in [-0.15, -0.1) is 0 Å². The number of hydrogen-bond donors (Lipinski definition) is 2. The zero-order chi connectivity index (χ0) is 53.2. The van der Waals surface area contributed by atoms with E-state index in [0.29, 0.717) is 33.6 Å². The van der Waals surface area contributed by atoms with Crippen LogP contribution in [0, 0.1) is 23.7 Å². The van der Waals surface area contributed by atoms with Gasteiger partial charge in [-0.25, -0.2) is 4.98 Å². The predicted molar refractivity (Wildman–Crippen MR) is 284 cm³/mol. The Balaban J connectivity index is 1.36. The summed E-state index contributed by atoms with van der Waals surface area (Å²) in [7, 11) is -0.668. The number of carbonyl (C=O) groups is 2. The molecule has 396 valence electrons. The fourth-order valence-corrected chi connectivity index (χ4v) is 19.6. The van der Waals surface area contributed by atoms with Gasteiger partial charge < -0.3 is 57.2 Å². The van der Waals surface area contributed by atoms with E-state index in [4.69, 9.17) is 63.3 Å². The van der Waals surface area contributed by atoms with Crippen LogP contribution in [-0.2, 0) is 27.9 Å². The lowest BCUT2D eigenvalue weighted by molar-refractivity contribution is -0.150. The molecule has 15 nitrogen and oxygen atoms in total. The number of aliphatic hydroxyl groups is 1. The summed E-state index contributed by atoms with van der Waals surface area (Å²) in [5.41, 5.74) is -1.78. The molecular formula is C55H73ClN2O13Si2. The summed E-state index contributed by atoms with van der Waals surface area (Å²) in [5, 5.41) is 17.1. The lowest BCUT2D eigenvalue weighted by Gasteiger charge is -2.46. The van der Waals surface area contributed by atoms with E-state index in [1.807, 2.05) is 19.9 Å². The molecule has 1 saturated heterocycles. The SMILES string of the molecule is CC[Si](CC)(CC)O[C@H]1C2C=C3C#C[C@@](O)(CC#C[C@@H]4O[C@]341)[C@H](O[Si](C(C)C)(C(C)C)C(C)C)COC(=O)C[C@@H](NC(=O)c1cc3c(OC)c(OC)c(OC(C)C)cc3cc1OCOC)c1ccc(c(Cl)n1)O2. The van der Waals surface area contributed by atoms with Gasteiger partial charge >= 0.3 is 5.97 Å². The highest BCUT2D eigenvalue weighted by atomic mass is 35.5. The fraction of sp³-hybridized carbons (Fsp3) is 0.582. The molecule has 3 aliphatic heterocycles. The molecule has 2 N–H and O–H groups in total. The molecule has 3 aromatic rings. The first kappa shape index (κ1) is 55.9. The van der Waals surface area contributed by atoms with E-state index in [0.717, 1.165) is 18.1 Å². The number of aromatic nitrogens is 1. The van der Waals surface area contributed by atoms with Gasteiger partial charge in [-0.3, -0.25) is 9.59 Å². The molecule has 18 heteroatoms. The molecule has 4 heterocycles. The molecular weight excluding hydrogens is 988 g/mol. The zero-order valence-corrected chi connectivity index (χ0v) is 47.5. The summed E-state index contributed by atoms with van der Waals surface area (Å²) in [6.45, 7) is 22.6. The van der Waals surface area contributed by atoms with E-state index in [2.05, 4.69) is 91.3 Å². The van der Waals surface area contributed by atoms with Crippen molar-refractivity contribution in [2.45, 2.75) is 172 Å². The van der Waals surface area contributed by atoms with Crippen LogP contribution in [0.2, 0.25) is 39.9 Å². The molecule has 1 spiro atoms. The van der Waals surface area contributed by atoms with E-state index in [1.165, 1.54) is 21.3 Å². The summed E-state index contributed by atoms with van der Waals surface area (Å²) in [6, 6.07) is 9.84. The van der Waals surface area contributed by atoms with Crippen molar-refractivity contribution in [2.75, 3.05) is 34.7 Å². The van der Waals surface area contributed by atoms with Crippen LogP contribution in [0.5, 0.6) is 28.7 Å². The van der Waals surface area contributed by atoms with Crippen LogP contribution < -0.4 is 29.0 Å². The van der Waals surface area contributed by atoms with Crippen LogP contribution in [0.3, 0.4) is 0 Å². The topological polar surface area (TPSA) is 175 Å². The Labute approximate surface area is 437 Å². The summed E-state index contributed by atoms with van der Waals surface area (Å²) in [5.74, 6) is 13.2. The highest BCUT2D eigenvalue weighted by Crippen LogP contribution is 2.55. The predicted octanol–water partition coefficient (Wildman–Crippen LogP) is 10.0. The van der Waals surface area contributed by atoms with E-state index in [1.54, 1.807) is 30.3 Å². The van der Waals surface area contributed by atoms with Crippen molar-refractivity contribution >= 4 is 50.9 Å². The number of halogens is 1. The minimum atomic E-state index is -2.80. The van der Waals surface area contributed by atoms with Crippen LogP contribution in [0.25, 0.3) is 10.8 Å². The number of pyridine rings is 1. The molecule has 1 fully saturated rings. The van der Waals surface area contributed by atoms with Gasteiger partial charge in [0, 0.05) is 18.1 Å². The summed E-state index contributed by atoms with van der Waals surface area (Å²) < 4.78 is 63.2. The average Bonchev–Trinajstić information content (AvgIpc) is 3.98. The summed E-state index contributed by atoms with van der Waals surface area (Å²) in [6.07, 6.45) is -1.95. The molecule has 8 rings (SSSR count). The van der Waals surface area contributed by atoms with Crippen LogP contribution in [0.4, 0.5) is 0 Å². The number of nitrogens with zero attached hydrogens (tertiary/aromatic N) is 1. The Morgan fingerprint density at radius 2 is 1.62 bits per heavy atom. The van der Waals surface area contributed by atoms with Gasteiger partial charge in [-0.2, -0.15) is 0 Å². The molecule has 1 amide bonds. The van der Waals surface area contributed by atoms with Crippen LogP contribution in [0.15, 0.2) is 42.0 Å². The number of methoxy groups -OCH3 is 3. The van der Waals surface area contributed by atoms with E-state index >= 15 is 0 Å². The highest BCUT2D eigenvalue weighted by Gasteiger charge is 2.70. The Morgan fingerprint density at radius 1 is 0.945 bits per heavy atom.